The van der Waals surface area contributed by atoms with Crippen molar-refractivity contribution in [1.29, 1.82) is 0 Å². The summed E-state index contributed by atoms with van der Waals surface area (Å²) in [6.45, 7) is 5.40. The van der Waals surface area contributed by atoms with E-state index in [1.165, 1.54) is 0 Å². The molecule has 0 spiro atoms. The Hall–Kier alpha value is 0.682. The minimum Gasteiger partial charge on any atom is -0.311 e. The monoisotopic (exact) mass is 252 g/mol. The van der Waals surface area contributed by atoms with Crippen LogP contribution in [0.4, 0.5) is 0 Å². The minimum absolute atomic E-state index is 0. The summed E-state index contributed by atoms with van der Waals surface area (Å²) in [5.74, 6) is 0. The lowest BCUT2D eigenvalue weighted by Gasteiger charge is -2.04. The summed E-state index contributed by atoms with van der Waals surface area (Å²) >= 11 is 0. The van der Waals surface area contributed by atoms with Crippen molar-refractivity contribution >= 4 is 25.6 Å². The fourth-order valence-electron chi connectivity index (χ4n) is 1.06. The van der Waals surface area contributed by atoms with Gasteiger partial charge >= 0.3 is 8.25 Å². The van der Waals surface area contributed by atoms with E-state index in [2.05, 4.69) is 13.8 Å². The molecule has 0 N–H and O–H groups in total. The van der Waals surface area contributed by atoms with Gasteiger partial charge in [-0.05, 0) is 12.8 Å². The third-order valence-electron chi connectivity index (χ3n) is 1.94. The average molecular weight is 252 g/mol. The molecule has 3 nitrogen and oxygen atoms in total. The lowest BCUT2D eigenvalue weighted by Crippen LogP contribution is -1.91. The summed E-state index contributed by atoms with van der Waals surface area (Å²) in [6.07, 6.45) is 6.52. The molecule has 0 aromatic carbocycles. The molecule has 0 aromatic heterocycles. The van der Waals surface area contributed by atoms with Crippen LogP contribution < -0.4 is 0 Å². The Bertz CT molecular complexity index is 131. The van der Waals surface area contributed by atoms with Gasteiger partial charge in [0.1, 0.15) is 0 Å². The highest BCUT2D eigenvalue weighted by atomic mass is 31.1. The van der Waals surface area contributed by atoms with Crippen LogP contribution in [0.1, 0.15) is 52.4 Å². The number of unbranched alkanes of at least 4 members (excludes halogenated alkanes) is 4. The van der Waals surface area contributed by atoms with Gasteiger partial charge in [0, 0.05) is 0 Å². The zero-order valence-corrected chi connectivity index (χ0v) is 10.4. The highest BCUT2D eigenvalue weighted by Gasteiger charge is 1.98. The van der Waals surface area contributed by atoms with Crippen LogP contribution in [-0.2, 0) is 13.6 Å². The van der Waals surface area contributed by atoms with Gasteiger partial charge in [0.05, 0.1) is 13.2 Å². The van der Waals surface area contributed by atoms with Crippen LogP contribution in [0.5, 0.6) is 0 Å². The van der Waals surface area contributed by atoms with Crippen molar-refractivity contribution in [1.82, 2.24) is 0 Å². The van der Waals surface area contributed by atoms with Crippen molar-refractivity contribution in [2.75, 3.05) is 13.2 Å². The molecule has 0 heterocycles. The van der Waals surface area contributed by atoms with Crippen molar-refractivity contribution in [3.63, 3.8) is 0 Å². The van der Waals surface area contributed by atoms with E-state index >= 15 is 0 Å². The van der Waals surface area contributed by atoms with E-state index in [-0.39, 0.29) is 17.4 Å². The van der Waals surface area contributed by atoms with E-state index in [9.17, 15) is 4.57 Å². The maximum Gasteiger partial charge on any atom is 0.319 e. The van der Waals surface area contributed by atoms with Gasteiger partial charge in [-0.3, -0.25) is 4.57 Å². The van der Waals surface area contributed by atoms with Crippen molar-refractivity contribution in [2.24, 2.45) is 0 Å². The van der Waals surface area contributed by atoms with Crippen LogP contribution in [0.25, 0.3) is 0 Å². The molecule has 0 aliphatic carbocycles. The predicted molar refractivity (Wildman–Crippen MR) is 69.9 cm³/mol. The number of rotatable bonds is 10. The third-order valence-corrected chi connectivity index (χ3v) is 2.82. The summed E-state index contributed by atoms with van der Waals surface area (Å²) in [5.41, 5.74) is 0. The van der Waals surface area contributed by atoms with Gasteiger partial charge in [-0.1, -0.05) is 39.5 Å². The number of hydrogen-bond donors (Lipinski definition) is 0. The van der Waals surface area contributed by atoms with Crippen molar-refractivity contribution < 1.29 is 13.6 Å². The molecule has 0 unspecified atom stereocenters. The molecule has 92 valence electrons. The molecule has 0 saturated carbocycles. The van der Waals surface area contributed by atoms with E-state index in [4.69, 9.17) is 9.05 Å². The van der Waals surface area contributed by atoms with Gasteiger partial charge in [-0.2, -0.15) is 0 Å². The second-order valence-electron chi connectivity index (χ2n) is 3.36. The lowest BCUT2D eigenvalue weighted by atomic mass is 10.3. The second kappa shape index (κ2) is 14.7. The summed E-state index contributed by atoms with van der Waals surface area (Å²) in [7, 11) is -2.20. The fourth-order valence-corrected chi connectivity index (χ4v) is 1.76. The van der Waals surface area contributed by atoms with E-state index < -0.39 is 8.25 Å². The van der Waals surface area contributed by atoms with Crippen LogP contribution in [0, 0.1) is 0 Å². The van der Waals surface area contributed by atoms with Gasteiger partial charge in [-0.15, -0.1) is 0 Å². The molecule has 0 fully saturated rings. The van der Waals surface area contributed by atoms with Gasteiger partial charge in [0.25, 0.3) is 0 Å². The Morgan fingerprint density at radius 2 is 1.27 bits per heavy atom. The van der Waals surface area contributed by atoms with Crippen molar-refractivity contribution in [3.8, 4) is 0 Å². The first kappa shape index (κ1) is 18.1. The standard InChI is InChI=1S/C10H23O3P.Al.3H/c1-3-5-7-9-12-14(11)13-10-8-6-4-2;;;;/h14H,3-10H2,1-2H3;;;;. The lowest BCUT2D eigenvalue weighted by molar-refractivity contribution is 0.219. The first-order valence-corrected chi connectivity index (χ1v) is 6.83. The fraction of sp³-hybridized carbons (Fsp3) is 1.00. The first-order chi connectivity index (χ1) is 6.81. The molecule has 0 bridgehead atoms. The summed E-state index contributed by atoms with van der Waals surface area (Å²) in [4.78, 5) is 0. The van der Waals surface area contributed by atoms with Gasteiger partial charge < -0.3 is 9.05 Å². The van der Waals surface area contributed by atoms with Crippen LogP contribution in [0.2, 0.25) is 0 Å². The van der Waals surface area contributed by atoms with Crippen LogP contribution in [0.15, 0.2) is 0 Å². The topological polar surface area (TPSA) is 35.5 Å². The first-order valence-electron chi connectivity index (χ1n) is 5.60. The second-order valence-corrected chi connectivity index (χ2v) is 4.44. The summed E-state index contributed by atoms with van der Waals surface area (Å²) in [6, 6.07) is 0. The zero-order chi connectivity index (χ0) is 10.6. The van der Waals surface area contributed by atoms with Gasteiger partial charge in [0.2, 0.25) is 0 Å². The molecule has 0 rings (SSSR count). The molecule has 0 saturated heterocycles. The predicted octanol–water partition coefficient (Wildman–Crippen LogP) is 2.61. The Morgan fingerprint density at radius 1 is 0.867 bits per heavy atom. The Kier molecular flexibility index (Phi) is 17.7. The minimum atomic E-state index is -2.20. The average Bonchev–Trinajstić information content (AvgIpc) is 2.19. The maximum atomic E-state index is 11.1. The Morgan fingerprint density at radius 3 is 1.60 bits per heavy atom. The van der Waals surface area contributed by atoms with Crippen molar-refractivity contribution in [2.45, 2.75) is 52.4 Å². The number of hydrogen-bond acceptors (Lipinski definition) is 3. The summed E-state index contributed by atoms with van der Waals surface area (Å²) < 4.78 is 21.2. The quantitative estimate of drug-likeness (QED) is 0.340. The maximum absolute atomic E-state index is 11.1. The van der Waals surface area contributed by atoms with Crippen LogP contribution in [-0.4, -0.2) is 30.6 Å². The highest BCUT2D eigenvalue weighted by molar-refractivity contribution is 7.33. The van der Waals surface area contributed by atoms with Crippen LogP contribution >= 0.6 is 8.25 Å². The molecule has 0 radical (unpaired) electrons. The van der Waals surface area contributed by atoms with Gasteiger partial charge in [-0.25, -0.2) is 0 Å². The van der Waals surface area contributed by atoms with Gasteiger partial charge in [0.15, 0.2) is 17.4 Å². The van der Waals surface area contributed by atoms with E-state index in [1.807, 2.05) is 0 Å². The molecule has 5 heteroatoms. The molecule has 0 atom stereocenters. The SMILES string of the molecule is CCCCCO[PH](=O)OCCCCC.[AlH3]. The smallest absolute Gasteiger partial charge is 0.311 e. The molecular weight excluding hydrogens is 226 g/mol. The van der Waals surface area contributed by atoms with E-state index in [0.717, 1.165) is 38.5 Å². The van der Waals surface area contributed by atoms with E-state index in [0.29, 0.717) is 13.2 Å². The van der Waals surface area contributed by atoms with E-state index in [1.54, 1.807) is 0 Å². The Labute approximate surface area is 105 Å². The molecule has 0 aliphatic rings. The third kappa shape index (κ3) is 14.7. The van der Waals surface area contributed by atoms with Crippen LogP contribution in [0.3, 0.4) is 0 Å². The summed E-state index contributed by atoms with van der Waals surface area (Å²) in [5, 5.41) is 0. The molecule has 0 aliphatic heterocycles. The molecular formula is C10H26AlO3P. The van der Waals surface area contributed by atoms with Crippen molar-refractivity contribution in [3.05, 3.63) is 0 Å². The largest absolute Gasteiger partial charge is 0.319 e. The molecule has 0 aromatic rings. The Balaban J connectivity index is 0. The molecule has 0 amide bonds. The highest BCUT2D eigenvalue weighted by Crippen LogP contribution is 2.24. The molecule has 15 heavy (non-hydrogen) atoms. The normalized spacial score (nSPS) is 10.3. The zero-order valence-electron chi connectivity index (χ0n) is 9.38.